The molecule has 4 heteroatoms. The fraction of sp³-hybridized carbons (Fsp3) is 0.0769. The van der Waals surface area contributed by atoms with Crippen LogP contribution in [-0.2, 0) is 0 Å². The van der Waals surface area contributed by atoms with Crippen LogP contribution in [0.4, 0.5) is 15.9 Å². The first kappa shape index (κ1) is 11.1. The number of nitrogens with one attached hydrogen (secondary N) is 1. The Hall–Kier alpha value is -2.41. The zero-order valence-electron chi connectivity index (χ0n) is 9.24. The molecule has 1 aromatic heterocycles. The maximum atomic E-state index is 13.1. The number of rotatable bonds is 2. The molecule has 0 radical (unpaired) electrons. The molecule has 0 spiro atoms. The van der Waals surface area contributed by atoms with Crippen LogP contribution in [0.1, 0.15) is 11.3 Å². The number of nitriles is 1. The van der Waals surface area contributed by atoms with E-state index in [1.54, 1.807) is 6.07 Å². The molecule has 0 unspecified atom stereocenters. The predicted octanol–water partition coefficient (Wildman–Crippen LogP) is 3.14. The molecule has 1 heterocycles. The number of pyridine rings is 1. The average Bonchev–Trinajstić information content (AvgIpc) is 2.29. The molecule has 1 N–H and O–H groups in total. The molecular weight excluding hydrogens is 217 g/mol. The molecule has 17 heavy (non-hydrogen) atoms. The van der Waals surface area contributed by atoms with E-state index in [1.165, 1.54) is 18.2 Å². The number of halogens is 1. The molecule has 0 saturated carbocycles. The minimum absolute atomic E-state index is 0.384. The van der Waals surface area contributed by atoms with Crippen molar-refractivity contribution in [1.82, 2.24) is 4.98 Å². The largest absolute Gasteiger partial charge is 0.339 e. The van der Waals surface area contributed by atoms with Crippen LogP contribution < -0.4 is 5.32 Å². The highest BCUT2D eigenvalue weighted by Crippen LogP contribution is 2.20. The van der Waals surface area contributed by atoms with Gasteiger partial charge in [0.2, 0.25) is 0 Å². The summed E-state index contributed by atoms with van der Waals surface area (Å²) in [6, 6.07) is 11.4. The quantitative estimate of drug-likeness (QED) is 0.857. The van der Waals surface area contributed by atoms with Gasteiger partial charge in [0.25, 0.3) is 0 Å². The molecule has 1 aromatic carbocycles. The van der Waals surface area contributed by atoms with Crippen molar-refractivity contribution in [2.75, 3.05) is 5.32 Å². The maximum Gasteiger partial charge on any atom is 0.130 e. The molecule has 0 aliphatic rings. The summed E-state index contributed by atoms with van der Waals surface area (Å²) in [7, 11) is 0. The molecule has 84 valence electrons. The van der Waals surface area contributed by atoms with Gasteiger partial charge in [0, 0.05) is 5.69 Å². The van der Waals surface area contributed by atoms with Gasteiger partial charge in [-0.25, -0.2) is 9.37 Å². The second-order valence-corrected chi connectivity index (χ2v) is 3.59. The molecule has 0 atom stereocenters. The van der Waals surface area contributed by atoms with Crippen molar-refractivity contribution in [2.24, 2.45) is 0 Å². The van der Waals surface area contributed by atoms with Crippen LogP contribution in [0.25, 0.3) is 0 Å². The molecule has 2 rings (SSSR count). The number of anilines is 2. The molecule has 0 bridgehead atoms. The summed E-state index contributed by atoms with van der Waals surface area (Å²) in [5.74, 6) is 0.200. The molecule has 2 aromatic rings. The summed E-state index contributed by atoms with van der Waals surface area (Å²) in [5, 5.41) is 11.8. The average molecular weight is 227 g/mol. The molecular formula is C13H10FN3. The smallest absolute Gasteiger partial charge is 0.130 e. The van der Waals surface area contributed by atoms with Crippen molar-refractivity contribution in [3.63, 3.8) is 0 Å². The third-order valence-electron chi connectivity index (χ3n) is 2.25. The predicted molar refractivity (Wildman–Crippen MR) is 63.4 cm³/mol. The number of aromatic nitrogens is 1. The second-order valence-electron chi connectivity index (χ2n) is 3.59. The summed E-state index contributed by atoms with van der Waals surface area (Å²) in [6.45, 7) is 1.86. The van der Waals surface area contributed by atoms with Gasteiger partial charge in [0.1, 0.15) is 17.7 Å². The Balaban J connectivity index is 2.36. The van der Waals surface area contributed by atoms with E-state index in [0.717, 1.165) is 5.69 Å². The molecule has 0 saturated heterocycles. The van der Waals surface area contributed by atoms with Crippen LogP contribution in [-0.4, -0.2) is 4.98 Å². The highest BCUT2D eigenvalue weighted by atomic mass is 19.1. The van der Waals surface area contributed by atoms with Gasteiger partial charge in [-0.3, -0.25) is 0 Å². The normalized spacial score (nSPS) is 9.71. The van der Waals surface area contributed by atoms with Gasteiger partial charge in [-0.1, -0.05) is 6.07 Å². The van der Waals surface area contributed by atoms with Gasteiger partial charge in [-0.2, -0.15) is 5.26 Å². The lowest BCUT2D eigenvalue weighted by Crippen LogP contribution is -1.97. The van der Waals surface area contributed by atoms with Crippen molar-refractivity contribution in [3.8, 4) is 6.07 Å². The van der Waals surface area contributed by atoms with Crippen LogP contribution in [0, 0.1) is 24.1 Å². The van der Waals surface area contributed by atoms with Gasteiger partial charge in [-0.15, -0.1) is 0 Å². The fourth-order valence-electron chi connectivity index (χ4n) is 1.47. The Bertz CT molecular complexity index is 587. The Labute approximate surface area is 98.5 Å². The molecule has 0 amide bonds. The first-order valence-corrected chi connectivity index (χ1v) is 5.09. The maximum absolute atomic E-state index is 13.1. The number of benzene rings is 1. The van der Waals surface area contributed by atoms with Crippen LogP contribution >= 0.6 is 0 Å². The van der Waals surface area contributed by atoms with Gasteiger partial charge >= 0.3 is 0 Å². The van der Waals surface area contributed by atoms with Crippen LogP contribution in [0.15, 0.2) is 36.4 Å². The second kappa shape index (κ2) is 4.62. The molecule has 0 aliphatic carbocycles. The Morgan fingerprint density at radius 2 is 2.12 bits per heavy atom. The number of aryl methyl sites for hydroxylation is 1. The van der Waals surface area contributed by atoms with Gasteiger partial charge < -0.3 is 5.32 Å². The number of hydrogen-bond donors (Lipinski definition) is 1. The third-order valence-corrected chi connectivity index (χ3v) is 2.25. The summed E-state index contributed by atoms with van der Waals surface area (Å²) in [5.41, 5.74) is 1.66. The first-order valence-electron chi connectivity index (χ1n) is 5.09. The molecule has 0 aliphatic heterocycles. The van der Waals surface area contributed by atoms with Gasteiger partial charge in [-0.05, 0) is 37.3 Å². The zero-order chi connectivity index (χ0) is 12.3. The van der Waals surface area contributed by atoms with E-state index in [4.69, 9.17) is 5.26 Å². The Morgan fingerprint density at radius 1 is 1.29 bits per heavy atom. The zero-order valence-corrected chi connectivity index (χ0v) is 9.24. The van der Waals surface area contributed by atoms with Gasteiger partial charge in [0.05, 0.1) is 11.3 Å². The summed E-state index contributed by atoms with van der Waals surface area (Å²) < 4.78 is 13.1. The molecule has 3 nitrogen and oxygen atoms in total. The number of nitrogens with zero attached hydrogens (tertiary/aromatic N) is 2. The summed E-state index contributed by atoms with van der Waals surface area (Å²) in [4.78, 5) is 4.23. The SMILES string of the molecule is Cc1cccc(Nc2cc(F)ccc2C#N)n1. The van der Waals surface area contributed by atoms with E-state index in [9.17, 15) is 4.39 Å². The fourth-order valence-corrected chi connectivity index (χ4v) is 1.47. The highest BCUT2D eigenvalue weighted by molar-refractivity contribution is 5.64. The van der Waals surface area contributed by atoms with Crippen LogP contribution in [0.5, 0.6) is 0 Å². The van der Waals surface area contributed by atoms with E-state index in [-0.39, 0.29) is 5.82 Å². The summed E-state index contributed by atoms with van der Waals surface area (Å²) >= 11 is 0. The van der Waals surface area contributed by atoms with E-state index in [1.807, 2.05) is 25.1 Å². The third kappa shape index (κ3) is 2.58. The lowest BCUT2D eigenvalue weighted by molar-refractivity contribution is 0.628. The van der Waals surface area contributed by atoms with Gasteiger partial charge in [0.15, 0.2) is 0 Å². The number of hydrogen-bond acceptors (Lipinski definition) is 3. The van der Waals surface area contributed by atoms with E-state index in [2.05, 4.69) is 10.3 Å². The van der Waals surface area contributed by atoms with E-state index >= 15 is 0 Å². The molecule has 0 fully saturated rings. The monoisotopic (exact) mass is 227 g/mol. The topological polar surface area (TPSA) is 48.7 Å². The highest BCUT2D eigenvalue weighted by Gasteiger charge is 2.04. The van der Waals surface area contributed by atoms with E-state index in [0.29, 0.717) is 17.1 Å². The lowest BCUT2D eigenvalue weighted by atomic mass is 10.2. The van der Waals surface area contributed by atoms with Crippen LogP contribution in [0.3, 0.4) is 0 Å². The van der Waals surface area contributed by atoms with E-state index < -0.39 is 0 Å². The minimum Gasteiger partial charge on any atom is -0.339 e. The van der Waals surface area contributed by atoms with Crippen molar-refractivity contribution in [2.45, 2.75) is 6.92 Å². The standard InChI is InChI=1S/C13H10FN3/c1-9-3-2-4-13(16-9)17-12-7-11(14)6-5-10(12)8-15/h2-7H,1H3,(H,16,17). The first-order chi connectivity index (χ1) is 8.19. The van der Waals surface area contributed by atoms with Crippen molar-refractivity contribution in [3.05, 3.63) is 53.5 Å². The van der Waals surface area contributed by atoms with Crippen molar-refractivity contribution in [1.29, 1.82) is 5.26 Å². The Morgan fingerprint density at radius 3 is 2.82 bits per heavy atom. The summed E-state index contributed by atoms with van der Waals surface area (Å²) in [6.07, 6.45) is 0. The van der Waals surface area contributed by atoms with Crippen LogP contribution in [0.2, 0.25) is 0 Å². The minimum atomic E-state index is -0.390. The lowest BCUT2D eigenvalue weighted by Gasteiger charge is -2.07. The van der Waals surface area contributed by atoms with Crippen molar-refractivity contribution < 1.29 is 4.39 Å². The van der Waals surface area contributed by atoms with Crippen molar-refractivity contribution >= 4 is 11.5 Å². The Kier molecular flexibility index (Phi) is 3.01.